The normalized spacial score (nSPS) is 12.3. The molecular weight excluding hydrogens is 280 g/mol. The average molecular weight is 295 g/mol. The Morgan fingerprint density at radius 1 is 1.26 bits per heavy atom. The molecule has 0 N–H and O–H groups in total. The Morgan fingerprint density at radius 2 is 2.00 bits per heavy atom. The van der Waals surface area contributed by atoms with Gasteiger partial charge in [0.1, 0.15) is 6.10 Å². The molecule has 1 unspecified atom stereocenters. The summed E-state index contributed by atoms with van der Waals surface area (Å²) >= 11 is 7.11. The van der Waals surface area contributed by atoms with Crippen LogP contribution in [0.5, 0.6) is 0 Å². The van der Waals surface area contributed by atoms with Crippen molar-refractivity contribution >= 4 is 28.7 Å². The second kappa shape index (κ2) is 6.85. The maximum absolute atomic E-state index is 12.0. The maximum atomic E-state index is 12.0. The molecule has 19 heavy (non-hydrogen) atoms. The summed E-state index contributed by atoms with van der Waals surface area (Å²) in [5.41, 5.74) is 1.21. The van der Waals surface area contributed by atoms with Gasteiger partial charge in [0.2, 0.25) is 5.78 Å². The topological polar surface area (TPSA) is 26.3 Å². The van der Waals surface area contributed by atoms with Crippen molar-refractivity contribution in [3.63, 3.8) is 0 Å². The van der Waals surface area contributed by atoms with Crippen LogP contribution in [0.4, 0.5) is 0 Å². The number of thiophene rings is 1. The summed E-state index contributed by atoms with van der Waals surface area (Å²) in [6, 6.07) is 13.6. The summed E-state index contributed by atoms with van der Waals surface area (Å²) < 4.78 is 6.21. The van der Waals surface area contributed by atoms with E-state index in [0.717, 1.165) is 6.42 Å². The Balaban J connectivity index is 1.81. The highest BCUT2D eigenvalue weighted by molar-refractivity contribution is 7.18. The van der Waals surface area contributed by atoms with E-state index in [1.807, 2.05) is 18.2 Å². The molecule has 0 saturated carbocycles. The van der Waals surface area contributed by atoms with Crippen LogP contribution in [0.3, 0.4) is 0 Å². The second-order valence-electron chi connectivity index (χ2n) is 4.22. The molecule has 1 aromatic carbocycles. The van der Waals surface area contributed by atoms with E-state index in [1.54, 1.807) is 19.1 Å². The van der Waals surface area contributed by atoms with Gasteiger partial charge >= 0.3 is 0 Å². The first-order valence-electron chi connectivity index (χ1n) is 6.12. The number of hydrogen-bond donors (Lipinski definition) is 0. The number of carbonyl (C=O) groups is 1. The van der Waals surface area contributed by atoms with Crippen molar-refractivity contribution in [3.8, 4) is 0 Å². The SMILES string of the molecule is CC(OCCc1ccccc1)C(=O)c1ccc(Cl)s1. The lowest BCUT2D eigenvalue weighted by molar-refractivity contribution is 0.0491. The Kier molecular flexibility index (Phi) is 5.14. The van der Waals surface area contributed by atoms with Crippen molar-refractivity contribution in [2.24, 2.45) is 0 Å². The van der Waals surface area contributed by atoms with Crippen LogP contribution in [0.2, 0.25) is 4.34 Å². The monoisotopic (exact) mass is 294 g/mol. The number of halogens is 1. The molecule has 0 aliphatic heterocycles. The third kappa shape index (κ3) is 4.16. The number of benzene rings is 1. The largest absolute Gasteiger partial charge is 0.370 e. The van der Waals surface area contributed by atoms with Crippen molar-refractivity contribution in [2.75, 3.05) is 6.61 Å². The van der Waals surface area contributed by atoms with E-state index in [0.29, 0.717) is 15.8 Å². The average Bonchev–Trinajstić information content (AvgIpc) is 2.85. The number of ether oxygens (including phenoxy) is 1. The van der Waals surface area contributed by atoms with Gasteiger partial charge in [-0.1, -0.05) is 41.9 Å². The zero-order valence-electron chi connectivity index (χ0n) is 10.6. The van der Waals surface area contributed by atoms with Gasteiger partial charge in [0, 0.05) is 0 Å². The van der Waals surface area contributed by atoms with Crippen LogP contribution in [-0.4, -0.2) is 18.5 Å². The first kappa shape index (κ1) is 14.3. The predicted octanol–water partition coefficient (Wildman–Crippen LogP) is 4.23. The van der Waals surface area contributed by atoms with Gasteiger partial charge in [0.15, 0.2) is 0 Å². The van der Waals surface area contributed by atoms with Crippen LogP contribution in [0.15, 0.2) is 42.5 Å². The maximum Gasteiger partial charge on any atom is 0.201 e. The minimum Gasteiger partial charge on any atom is -0.370 e. The van der Waals surface area contributed by atoms with E-state index in [4.69, 9.17) is 16.3 Å². The molecular formula is C15H15ClO2S. The van der Waals surface area contributed by atoms with Crippen LogP contribution >= 0.6 is 22.9 Å². The lowest BCUT2D eigenvalue weighted by Crippen LogP contribution is -2.21. The Morgan fingerprint density at radius 3 is 2.63 bits per heavy atom. The molecule has 0 aliphatic carbocycles. The zero-order chi connectivity index (χ0) is 13.7. The van der Waals surface area contributed by atoms with Gasteiger partial charge < -0.3 is 4.74 Å². The van der Waals surface area contributed by atoms with E-state index in [-0.39, 0.29) is 5.78 Å². The van der Waals surface area contributed by atoms with Gasteiger partial charge in [-0.05, 0) is 31.0 Å². The fraction of sp³-hybridized carbons (Fsp3) is 0.267. The molecule has 0 spiro atoms. The van der Waals surface area contributed by atoms with E-state index in [1.165, 1.54) is 16.9 Å². The highest BCUT2D eigenvalue weighted by Gasteiger charge is 2.17. The van der Waals surface area contributed by atoms with Crippen LogP contribution in [0.1, 0.15) is 22.2 Å². The first-order valence-corrected chi connectivity index (χ1v) is 7.31. The molecule has 4 heteroatoms. The zero-order valence-corrected chi connectivity index (χ0v) is 12.2. The molecule has 0 saturated heterocycles. The molecule has 1 aromatic heterocycles. The van der Waals surface area contributed by atoms with Crippen molar-refractivity contribution < 1.29 is 9.53 Å². The van der Waals surface area contributed by atoms with E-state index < -0.39 is 6.10 Å². The second-order valence-corrected chi connectivity index (χ2v) is 5.93. The molecule has 0 amide bonds. The number of carbonyl (C=O) groups excluding carboxylic acids is 1. The summed E-state index contributed by atoms with van der Waals surface area (Å²) in [5, 5.41) is 0. The van der Waals surface area contributed by atoms with Crippen LogP contribution in [0, 0.1) is 0 Å². The standard InChI is InChI=1S/C15H15ClO2S/c1-11(15(17)13-7-8-14(16)19-13)18-10-9-12-5-3-2-4-6-12/h2-8,11H,9-10H2,1H3. The van der Waals surface area contributed by atoms with Crippen LogP contribution < -0.4 is 0 Å². The van der Waals surface area contributed by atoms with Gasteiger partial charge in [0.25, 0.3) is 0 Å². The van der Waals surface area contributed by atoms with Crippen molar-refractivity contribution in [1.82, 2.24) is 0 Å². The molecule has 1 atom stereocenters. The third-order valence-corrected chi connectivity index (χ3v) is 4.03. The van der Waals surface area contributed by atoms with Gasteiger partial charge in [-0.3, -0.25) is 4.79 Å². The quantitative estimate of drug-likeness (QED) is 0.745. The van der Waals surface area contributed by atoms with Crippen molar-refractivity contribution in [3.05, 3.63) is 57.2 Å². The van der Waals surface area contributed by atoms with E-state index in [2.05, 4.69) is 12.1 Å². The first-order chi connectivity index (χ1) is 9.16. The van der Waals surface area contributed by atoms with Gasteiger partial charge in [0.05, 0.1) is 15.8 Å². The summed E-state index contributed by atoms with van der Waals surface area (Å²) in [5.74, 6) is -0.00929. The fourth-order valence-electron chi connectivity index (χ4n) is 1.72. The molecule has 0 bridgehead atoms. The molecule has 0 fully saturated rings. The van der Waals surface area contributed by atoms with Crippen LogP contribution in [0.25, 0.3) is 0 Å². The molecule has 0 radical (unpaired) electrons. The van der Waals surface area contributed by atoms with Gasteiger partial charge in [-0.25, -0.2) is 0 Å². The minimum atomic E-state index is -0.432. The van der Waals surface area contributed by atoms with E-state index >= 15 is 0 Å². The summed E-state index contributed by atoms with van der Waals surface area (Å²) in [4.78, 5) is 12.7. The molecule has 1 heterocycles. The molecule has 2 nitrogen and oxygen atoms in total. The lowest BCUT2D eigenvalue weighted by atomic mass is 10.1. The van der Waals surface area contributed by atoms with Gasteiger partial charge in [-0.15, -0.1) is 11.3 Å². The highest BCUT2D eigenvalue weighted by atomic mass is 35.5. The number of ketones is 1. The fourth-order valence-corrected chi connectivity index (χ4v) is 2.78. The Bertz CT molecular complexity index is 536. The number of rotatable bonds is 6. The molecule has 100 valence electrons. The third-order valence-electron chi connectivity index (χ3n) is 2.79. The van der Waals surface area contributed by atoms with Crippen molar-refractivity contribution in [2.45, 2.75) is 19.4 Å². The van der Waals surface area contributed by atoms with Gasteiger partial charge in [-0.2, -0.15) is 0 Å². The lowest BCUT2D eigenvalue weighted by Gasteiger charge is -2.10. The number of Topliss-reactive ketones (excluding diaryl/α,β-unsaturated/α-hetero) is 1. The summed E-state index contributed by atoms with van der Waals surface area (Å²) in [6.07, 6.45) is 0.377. The Labute approximate surface area is 122 Å². The number of hydrogen-bond acceptors (Lipinski definition) is 3. The van der Waals surface area contributed by atoms with Crippen molar-refractivity contribution in [1.29, 1.82) is 0 Å². The predicted molar refractivity (Wildman–Crippen MR) is 79.2 cm³/mol. The summed E-state index contributed by atoms with van der Waals surface area (Å²) in [6.45, 7) is 2.32. The van der Waals surface area contributed by atoms with E-state index in [9.17, 15) is 4.79 Å². The van der Waals surface area contributed by atoms with Crippen LogP contribution in [-0.2, 0) is 11.2 Å². The smallest absolute Gasteiger partial charge is 0.201 e. The Hall–Kier alpha value is -1.16. The summed E-state index contributed by atoms with van der Waals surface area (Å²) in [7, 11) is 0. The highest BCUT2D eigenvalue weighted by Crippen LogP contribution is 2.23. The molecule has 2 aromatic rings. The minimum absolute atomic E-state index is 0.00929. The molecule has 0 aliphatic rings. The molecule has 2 rings (SSSR count).